The second-order valence-electron chi connectivity index (χ2n) is 7.26. The normalized spacial score (nSPS) is 10.9. The monoisotopic (exact) mass is 450 g/mol. The van der Waals surface area contributed by atoms with Crippen LogP contribution in [-0.2, 0) is 6.42 Å². The summed E-state index contributed by atoms with van der Waals surface area (Å²) in [6, 6.07) is 15.8. The molecule has 2 heterocycles. The van der Waals surface area contributed by atoms with Gasteiger partial charge >= 0.3 is 0 Å². The van der Waals surface area contributed by atoms with Gasteiger partial charge in [0, 0.05) is 36.0 Å². The molecule has 8 heteroatoms. The Hall–Kier alpha value is -3.39. The number of carbonyl (C=O) groups is 1. The van der Waals surface area contributed by atoms with Gasteiger partial charge < -0.3 is 9.42 Å². The van der Waals surface area contributed by atoms with Gasteiger partial charge in [0.05, 0.1) is 0 Å². The van der Waals surface area contributed by atoms with Gasteiger partial charge in [0.2, 0.25) is 11.7 Å². The SMILES string of the molecule is CCN(CCCCc1nc(-c2ccc(F)cc2)no1)C(=O)c1csc(-c2ccccc2)n1. The van der Waals surface area contributed by atoms with Crippen LogP contribution in [0, 0.1) is 5.82 Å². The van der Waals surface area contributed by atoms with Crippen molar-refractivity contribution >= 4 is 17.2 Å². The topological polar surface area (TPSA) is 72.1 Å². The lowest BCUT2D eigenvalue weighted by molar-refractivity contribution is 0.0756. The highest BCUT2D eigenvalue weighted by molar-refractivity contribution is 7.13. The molecule has 0 aliphatic carbocycles. The van der Waals surface area contributed by atoms with Crippen LogP contribution in [0.3, 0.4) is 0 Å². The van der Waals surface area contributed by atoms with E-state index in [1.54, 1.807) is 12.1 Å². The number of unbranched alkanes of at least 4 members (excludes halogenated alkanes) is 1. The second kappa shape index (κ2) is 10.3. The highest BCUT2D eigenvalue weighted by Gasteiger charge is 2.18. The number of aryl methyl sites for hydroxylation is 1. The number of carbonyl (C=O) groups excluding carboxylic acids is 1. The molecular formula is C24H23FN4O2S. The fourth-order valence-corrected chi connectivity index (χ4v) is 4.10. The Kier molecular flexibility index (Phi) is 7.01. The molecule has 0 fully saturated rings. The van der Waals surface area contributed by atoms with Crippen molar-refractivity contribution in [1.82, 2.24) is 20.0 Å². The summed E-state index contributed by atoms with van der Waals surface area (Å²) in [5.74, 6) is 0.623. The zero-order valence-electron chi connectivity index (χ0n) is 17.7. The Labute approximate surface area is 189 Å². The summed E-state index contributed by atoms with van der Waals surface area (Å²) >= 11 is 1.48. The molecule has 0 bridgehead atoms. The summed E-state index contributed by atoms with van der Waals surface area (Å²) in [4.78, 5) is 23.6. The lowest BCUT2D eigenvalue weighted by Crippen LogP contribution is -2.32. The minimum Gasteiger partial charge on any atom is -0.339 e. The minimum atomic E-state index is -0.304. The molecule has 0 aliphatic heterocycles. The Morgan fingerprint density at radius 3 is 2.56 bits per heavy atom. The van der Waals surface area contributed by atoms with Crippen molar-refractivity contribution in [2.45, 2.75) is 26.2 Å². The average Bonchev–Trinajstić information content (AvgIpc) is 3.50. The molecule has 4 aromatic rings. The molecule has 0 N–H and O–H groups in total. The maximum atomic E-state index is 13.1. The van der Waals surface area contributed by atoms with Gasteiger partial charge in [-0.15, -0.1) is 11.3 Å². The van der Waals surface area contributed by atoms with E-state index < -0.39 is 0 Å². The van der Waals surface area contributed by atoms with E-state index in [2.05, 4.69) is 15.1 Å². The van der Waals surface area contributed by atoms with Gasteiger partial charge in [0.1, 0.15) is 16.5 Å². The van der Waals surface area contributed by atoms with E-state index in [0.29, 0.717) is 42.5 Å². The number of hydrogen-bond acceptors (Lipinski definition) is 6. The van der Waals surface area contributed by atoms with Crippen molar-refractivity contribution in [3.63, 3.8) is 0 Å². The molecule has 2 aromatic carbocycles. The summed E-state index contributed by atoms with van der Waals surface area (Å²) in [6.45, 7) is 3.22. The Balaban J connectivity index is 1.28. The number of hydrogen-bond donors (Lipinski definition) is 0. The number of thiazole rings is 1. The van der Waals surface area contributed by atoms with E-state index in [-0.39, 0.29) is 11.7 Å². The van der Waals surface area contributed by atoms with Crippen LogP contribution >= 0.6 is 11.3 Å². The number of benzene rings is 2. The number of nitrogens with zero attached hydrogens (tertiary/aromatic N) is 4. The van der Waals surface area contributed by atoms with Crippen molar-refractivity contribution in [3.8, 4) is 22.0 Å². The van der Waals surface area contributed by atoms with Crippen molar-refractivity contribution in [2.24, 2.45) is 0 Å². The lowest BCUT2D eigenvalue weighted by atomic mass is 10.2. The first-order chi connectivity index (χ1) is 15.6. The molecule has 0 saturated carbocycles. The van der Waals surface area contributed by atoms with Gasteiger partial charge in [-0.25, -0.2) is 9.37 Å². The van der Waals surface area contributed by atoms with E-state index in [0.717, 1.165) is 23.4 Å². The Morgan fingerprint density at radius 2 is 1.81 bits per heavy atom. The summed E-state index contributed by atoms with van der Waals surface area (Å²) < 4.78 is 18.4. The molecule has 0 unspecified atom stereocenters. The van der Waals surface area contributed by atoms with Crippen LogP contribution in [0.4, 0.5) is 4.39 Å². The maximum Gasteiger partial charge on any atom is 0.273 e. The zero-order chi connectivity index (χ0) is 22.3. The summed E-state index contributed by atoms with van der Waals surface area (Å²) in [7, 11) is 0. The number of rotatable bonds is 9. The molecule has 32 heavy (non-hydrogen) atoms. The second-order valence-corrected chi connectivity index (χ2v) is 8.12. The molecule has 0 atom stereocenters. The highest BCUT2D eigenvalue weighted by Crippen LogP contribution is 2.24. The molecule has 0 saturated heterocycles. The van der Waals surface area contributed by atoms with Crippen LogP contribution < -0.4 is 0 Å². The first-order valence-electron chi connectivity index (χ1n) is 10.5. The number of aromatic nitrogens is 3. The van der Waals surface area contributed by atoms with E-state index in [1.165, 1.54) is 23.5 Å². The van der Waals surface area contributed by atoms with Gasteiger partial charge in [-0.2, -0.15) is 4.98 Å². The Morgan fingerprint density at radius 1 is 1.03 bits per heavy atom. The molecule has 1 amide bonds. The van der Waals surface area contributed by atoms with E-state index in [1.807, 2.05) is 47.5 Å². The maximum absolute atomic E-state index is 13.1. The van der Waals surface area contributed by atoms with Crippen LogP contribution in [0.1, 0.15) is 36.1 Å². The van der Waals surface area contributed by atoms with Crippen LogP contribution in [-0.4, -0.2) is 39.0 Å². The molecular weight excluding hydrogens is 427 g/mol. The lowest BCUT2D eigenvalue weighted by Gasteiger charge is -2.19. The largest absolute Gasteiger partial charge is 0.339 e. The van der Waals surface area contributed by atoms with E-state index in [9.17, 15) is 9.18 Å². The molecule has 0 radical (unpaired) electrons. The third-order valence-corrected chi connectivity index (χ3v) is 5.94. The number of halogens is 1. The van der Waals surface area contributed by atoms with Crippen LogP contribution in [0.2, 0.25) is 0 Å². The molecule has 0 aliphatic rings. The molecule has 2 aromatic heterocycles. The van der Waals surface area contributed by atoms with Crippen LogP contribution in [0.15, 0.2) is 64.5 Å². The minimum absolute atomic E-state index is 0.0534. The first-order valence-corrected chi connectivity index (χ1v) is 11.4. The fraction of sp³-hybridized carbons (Fsp3) is 0.250. The fourth-order valence-electron chi connectivity index (χ4n) is 3.30. The summed E-state index contributed by atoms with van der Waals surface area (Å²) in [5.41, 5.74) is 2.21. The molecule has 164 valence electrons. The van der Waals surface area contributed by atoms with Crippen LogP contribution in [0.5, 0.6) is 0 Å². The van der Waals surface area contributed by atoms with Crippen molar-refractivity contribution in [3.05, 3.63) is 77.4 Å². The van der Waals surface area contributed by atoms with E-state index in [4.69, 9.17) is 4.52 Å². The van der Waals surface area contributed by atoms with Gasteiger partial charge in [0.25, 0.3) is 5.91 Å². The van der Waals surface area contributed by atoms with Crippen LogP contribution in [0.25, 0.3) is 22.0 Å². The van der Waals surface area contributed by atoms with Gasteiger partial charge in [0.15, 0.2) is 0 Å². The quantitative estimate of drug-likeness (QED) is 0.316. The van der Waals surface area contributed by atoms with Gasteiger partial charge in [-0.3, -0.25) is 4.79 Å². The standard InChI is InChI=1S/C24H23FN4O2S/c1-2-29(24(30)20-16-32-23(26-20)18-8-4-3-5-9-18)15-7-6-10-21-27-22(28-31-21)17-11-13-19(25)14-12-17/h3-5,8-9,11-14,16H,2,6-7,10,15H2,1H3. The van der Waals surface area contributed by atoms with E-state index >= 15 is 0 Å². The summed E-state index contributed by atoms with van der Waals surface area (Å²) in [5, 5.41) is 6.63. The molecule has 6 nitrogen and oxygen atoms in total. The van der Waals surface area contributed by atoms with Gasteiger partial charge in [-0.1, -0.05) is 35.5 Å². The average molecular weight is 451 g/mol. The number of amides is 1. The van der Waals surface area contributed by atoms with Gasteiger partial charge in [-0.05, 0) is 44.0 Å². The smallest absolute Gasteiger partial charge is 0.273 e. The zero-order valence-corrected chi connectivity index (χ0v) is 18.5. The molecule has 0 spiro atoms. The first kappa shape index (κ1) is 21.8. The van der Waals surface area contributed by atoms with Crippen molar-refractivity contribution < 1.29 is 13.7 Å². The predicted molar refractivity (Wildman–Crippen MR) is 122 cm³/mol. The summed E-state index contributed by atoms with van der Waals surface area (Å²) in [6.07, 6.45) is 2.24. The third kappa shape index (κ3) is 5.26. The Bertz CT molecular complexity index is 1160. The van der Waals surface area contributed by atoms with Crippen molar-refractivity contribution in [2.75, 3.05) is 13.1 Å². The third-order valence-electron chi connectivity index (χ3n) is 5.05. The van der Waals surface area contributed by atoms with Crippen molar-refractivity contribution in [1.29, 1.82) is 0 Å². The molecule has 4 rings (SSSR count). The highest BCUT2D eigenvalue weighted by atomic mass is 32.1. The predicted octanol–water partition coefficient (Wildman–Crippen LogP) is 5.48.